The predicted molar refractivity (Wildman–Crippen MR) is 79.1 cm³/mol. The minimum absolute atomic E-state index is 0.198. The van der Waals surface area contributed by atoms with Gasteiger partial charge < -0.3 is 5.32 Å². The third-order valence-corrected chi connectivity index (χ3v) is 4.41. The summed E-state index contributed by atoms with van der Waals surface area (Å²) in [6, 6.07) is 5.99. The SMILES string of the molecule is O=C(Nc1ccc(F)cc1I)c1csc(Br)c1. The van der Waals surface area contributed by atoms with Crippen molar-refractivity contribution in [2.45, 2.75) is 0 Å². The van der Waals surface area contributed by atoms with Crippen molar-refractivity contribution in [3.8, 4) is 0 Å². The van der Waals surface area contributed by atoms with Crippen molar-refractivity contribution in [3.05, 3.63) is 48.4 Å². The molecule has 0 aliphatic carbocycles. The molecular weight excluding hydrogens is 420 g/mol. The molecule has 0 saturated carbocycles. The zero-order chi connectivity index (χ0) is 12.4. The van der Waals surface area contributed by atoms with E-state index in [0.717, 1.165) is 3.79 Å². The molecular formula is C11H6BrFINOS. The molecule has 0 fully saturated rings. The number of carbonyl (C=O) groups is 1. The highest BCUT2D eigenvalue weighted by Crippen LogP contribution is 2.23. The Balaban J connectivity index is 2.18. The number of carbonyl (C=O) groups excluding carboxylic acids is 1. The summed E-state index contributed by atoms with van der Waals surface area (Å²) in [4.78, 5) is 11.8. The first-order chi connectivity index (χ1) is 8.06. The zero-order valence-electron chi connectivity index (χ0n) is 8.34. The Hall–Kier alpha value is -0.470. The Labute approximate surface area is 124 Å². The van der Waals surface area contributed by atoms with E-state index >= 15 is 0 Å². The Kier molecular flexibility index (Phi) is 4.16. The van der Waals surface area contributed by atoms with E-state index < -0.39 is 0 Å². The second-order valence-corrected chi connectivity index (χ2v) is 6.67. The number of rotatable bonds is 2. The molecule has 6 heteroatoms. The van der Waals surface area contributed by atoms with E-state index in [-0.39, 0.29) is 11.7 Å². The Morgan fingerprint density at radius 2 is 2.18 bits per heavy atom. The fraction of sp³-hybridized carbons (Fsp3) is 0. The minimum Gasteiger partial charge on any atom is -0.321 e. The number of thiophene rings is 1. The van der Waals surface area contributed by atoms with E-state index in [1.165, 1.54) is 23.5 Å². The van der Waals surface area contributed by atoms with Crippen LogP contribution in [0, 0.1) is 9.39 Å². The Bertz CT molecular complexity index is 572. The smallest absolute Gasteiger partial charge is 0.256 e. The van der Waals surface area contributed by atoms with Crippen molar-refractivity contribution in [2.24, 2.45) is 0 Å². The first kappa shape index (κ1) is 13.0. The molecule has 1 aromatic heterocycles. The van der Waals surface area contributed by atoms with Gasteiger partial charge in [-0.3, -0.25) is 4.79 Å². The highest BCUT2D eigenvalue weighted by Gasteiger charge is 2.10. The van der Waals surface area contributed by atoms with Gasteiger partial charge in [-0.2, -0.15) is 0 Å². The lowest BCUT2D eigenvalue weighted by Gasteiger charge is -2.06. The Morgan fingerprint density at radius 3 is 2.76 bits per heavy atom. The molecule has 0 aliphatic rings. The Morgan fingerprint density at radius 1 is 1.41 bits per heavy atom. The van der Waals surface area contributed by atoms with Gasteiger partial charge in [-0.15, -0.1) is 11.3 Å². The van der Waals surface area contributed by atoms with Gasteiger partial charge in [-0.05, 0) is 62.8 Å². The summed E-state index contributed by atoms with van der Waals surface area (Å²) >= 11 is 6.72. The van der Waals surface area contributed by atoms with Gasteiger partial charge in [-0.1, -0.05) is 0 Å². The van der Waals surface area contributed by atoms with Crippen molar-refractivity contribution < 1.29 is 9.18 Å². The second kappa shape index (κ2) is 5.45. The minimum atomic E-state index is -0.314. The summed E-state index contributed by atoms with van der Waals surface area (Å²) < 4.78 is 14.5. The van der Waals surface area contributed by atoms with E-state index in [0.29, 0.717) is 14.8 Å². The highest BCUT2D eigenvalue weighted by molar-refractivity contribution is 14.1. The number of halogens is 3. The van der Waals surface area contributed by atoms with E-state index in [9.17, 15) is 9.18 Å². The summed E-state index contributed by atoms with van der Waals surface area (Å²) in [5, 5.41) is 4.50. The maximum Gasteiger partial charge on any atom is 0.256 e. The maximum absolute atomic E-state index is 12.9. The monoisotopic (exact) mass is 425 g/mol. The molecule has 0 atom stereocenters. The largest absolute Gasteiger partial charge is 0.321 e. The number of anilines is 1. The van der Waals surface area contributed by atoms with Crippen LogP contribution in [0.2, 0.25) is 0 Å². The van der Waals surface area contributed by atoms with Gasteiger partial charge in [0.1, 0.15) is 5.82 Å². The van der Waals surface area contributed by atoms with E-state index in [4.69, 9.17) is 0 Å². The number of nitrogens with one attached hydrogen (secondary N) is 1. The van der Waals surface area contributed by atoms with Gasteiger partial charge in [0.15, 0.2) is 0 Å². The number of amides is 1. The molecule has 1 heterocycles. The lowest BCUT2D eigenvalue weighted by molar-refractivity contribution is 0.102. The molecule has 88 valence electrons. The lowest BCUT2D eigenvalue weighted by Crippen LogP contribution is -2.11. The summed E-state index contributed by atoms with van der Waals surface area (Å²) in [5.41, 5.74) is 1.20. The average molecular weight is 426 g/mol. The molecule has 0 bridgehead atoms. The van der Waals surface area contributed by atoms with Crippen LogP contribution in [-0.2, 0) is 0 Å². The summed E-state index contributed by atoms with van der Waals surface area (Å²) in [6.45, 7) is 0. The van der Waals surface area contributed by atoms with E-state index in [1.807, 2.05) is 22.6 Å². The maximum atomic E-state index is 12.9. The van der Waals surface area contributed by atoms with Crippen molar-refractivity contribution in [1.29, 1.82) is 0 Å². The molecule has 0 radical (unpaired) electrons. The van der Waals surface area contributed by atoms with Gasteiger partial charge in [0, 0.05) is 8.95 Å². The van der Waals surface area contributed by atoms with E-state index in [1.54, 1.807) is 17.5 Å². The summed E-state index contributed by atoms with van der Waals surface area (Å²) in [5.74, 6) is -0.512. The lowest BCUT2D eigenvalue weighted by atomic mass is 10.2. The third kappa shape index (κ3) is 3.26. The van der Waals surface area contributed by atoms with Crippen LogP contribution in [0.15, 0.2) is 33.4 Å². The molecule has 1 N–H and O–H groups in total. The molecule has 0 spiro atoms. The van der Waals surface area contributed by atoms with Crippen LogP contribution in [0.3, 0.4) is 0 Å². The van der Waals surface area contributed by atoms with Crippen LogP contribution in [-0.4, -0.2) is 5.91 Å². The van der Waals surface area contributed by atoms with Crippen molar-refractivity contribution in [2.75, 3.05) is 5.32 Å². The van der Waals surface area contributed by atoms with E-state index in [2.05, 4.69) is 21.2 Å². The quantitative estimate of drug-likeness (QED) is 0.705. The molecule has 2 aromatic rings. The first-order valence-corrected chi connectivity index (χ1v) is 7.32. The van der Waals surface area contributed by atoms with Crippen LogP contribution in [0.5, 0.6) is 0 Å². The van der Waals surface area contributed by atoms with Crippen molar-refractivity contribution in [1.82, 2.24) is 0 Å². The zero-order valence-corrected chi connectivity index (χ0v) is 12.9. The average Bonchev–Trinajstić information content (AvgIpc) is 2.69. The summed E-state index contributed by atoms with van der Waals surface area (Å²) in [7, 11) is 0. The molecule has 2 nitrogen and oxygen atoms in total. The fourth-order valence-electron chi connectivity index (χ4n) is 1.21. The number of benzene rings is 1. The first-order valence-electron chi connectivity index (χ1n) is 4.56. The fourth-order valence-corrected chi connectivity index (χ4v) is 2.96. The van der Waals surface area contributed by atoms with Crippen LogP contribution in [0.25, 0.3) is 0 Å². The van der Waals surface area contributed by atoms with Crippen LogP contribution in [0.1, 0.15) is 10.4 Å². The number of hydrogen-bond donors (Lipinski definition) is 1. The number of hydrogen-bond acceptors (Lipinski definition) is 2. The van der Waals surface area contributed by atoms with Crippen LogP contribution in [0.4, 0.5) is 10.1 Å². The normalized spacial score (nSPS) is 10.3. The predicted octanol–water partition coefficient (Wildman–Crippen LogP) is 4.51. The van der Waals surface area contributed by atoms with Crippen molar-refractivity contribution >= 4 is 61.5 Å². The standard InChI is InChI=1S/C11H6BrFINOS/c12-10-3-6(5-17-10)11(16)15-9-2-1-7(13)4-8(9)14/h1-5H,(H,15,16). The second-order valence-electron chi connectivity index (χ2n) is 3.22. The van der Waals surface area contributed by atoms with Gasteiger partial charge in [0.05, 0.1) is 15.0 Å². The topological polar surface area (TPSA) is 29.1 Å². The molecule has 1 aromatic carbocycles. The molecule has 1 amide bonds. The molecule has 0 saturated heterocycles. The molecule has 0 unspecified atom stereocenters. The third-order valence-electron chi connectivity index (χ3n) is 2.01. The van der Waals surface area contributed by atoms with Crippen LogP contribution >= 0.6 is 49.9 Å². The van der Waals surface area contributed by atoms with Gasteiger partial charge in [-0.25, -0.2) is 4.39 Å². The summed E-state index contributed by atoms with van der Waals surface area (Å²) in [6.07, 6.45) is 0. The molecule has 2 rings (SSSR count). The highest BCUT2D eigenvalue weighted by atomic mass is 127. The van der Waals surface area contributed by atoms with Gasteiger partial charge in [0.2, 0.25) is 0 Å². The van der Waals surface area contributed by atoms with Crippen LogP contribution < -0.4 is 5.32 Å². The van der Waals surface area contributed by atoms with Gasteiger partial charge >= 0.3 is 0 Å². The molecule has 0 aliphatic heterocycles. The van der Waals surface area contributed by atoms with Crippen molar-refractivity contribution in [3.63, 3.8) is 0 Å². The van der Waals surface area contributed by atoms with Gasteiger partial charge in [0.25, 0.3) is 5.91 Å². The molecule has 17 heavy (non-hydrogen) atoms.